The number of rotatable bonds is 7. The van der Waals surface area contributed by atoms with Gasteiger partial charge in [0, 0.05) is 28.1 Å². The van der Waals surface area contributed by atoms with Crippen LogP contribution in [0.2, 0.25) is 0 Å². The molecule has 1 heterocycles. The summed E-state index contributed by atoms with van der Waals surface area (Å²) in [5, 5.41) is 6.25. The number of hydrogen-bond donors (Lipinski definition) is 1. The summed E-state index contributed by atoms with van der Waals surface area (Å²) in [6.07, 6.45) is 8.34. The maximum atomic E-state index is 12.8. The molecular formula is C26H30N2OS. The van der Waals surface area contributed by atoms with Gasteiger partial charge in [0.25, 0.3) is 0 Å². The summed E-state index contributed by atoms with van der Waals surface area (Å²) < 4.78 is 0. The number of nitrogens with zero attached hydrogens (tertiary/aromatic N) is 1. The molecule has 3 aromatic rings. The van der Waals surface area contributed by atoms with Gasteiger partial charge < -0.3 is 5.32 Å². The first kappa shape index (κ1) is 20.8. The fourth-order valence-electron chi connectivity index (χ4n) is 4.33. The lowest BCUT2D eigenvalue weighted by atomic mass is 9.79. The molecule has 1 amide bonds. The number of unbranched alkanes of at least 4 members (excludes halogenated alkanes) is 1. The Kier molecular flexibility index (Phi) is 6.96. The van der Waals surface area contributed by atoms with E-state index >= 15 is 0 Å². The molecule has 4 rings (SSSR count). The summed E-state index contributed by atoms with van der Waals surface area (Å²) in [5.41, 5.74) is 3.98. The Hall–Kier alpha value is -2.46. The van der Waals surface area contributed by atoms with Gasteiger partial charge in [0.15, 0.2) is 0 Å². The second kappa shape index (κ2) is 10.0. The molecule has 1 aliphatic carbocycles. The van der Waals surface area contributed by atoms with Crippen molar-refractivity contribution < 1.29 is 4.79 Å². The average molecular weight is 419 g/mol. The van der Waals surface area contributed by atoms with Crippen LogP contribution in [0.4, 0.5) is 5.69 Å². The molecule has 1 aromatic heterocycles. The molecular weight excluding hydrogens is 388 g/mol. The van der Waals surface area contributed by atoms with Crippen molar-refractivity contribution in [2.24, 2.45) is 11.8 Å². The zero-order valence-corrected chi connectivity index (χ0v) is 18.5. The van der Waals surface area contributed by atoms with Crippen LogP contribution in [-0.4, -0.2) is 10.9 Å². The topological polar surface area (TPSA) is 42.0 Å². The lowest BCUT2D eigenvalue weighted by Crippen LogP contribution is -2.27. The molecule has 156 valence electrons. The minimum Gasteiger partial charge on any atom is -0.326 e. The number of hydrogen-bond acceptors (Lipinski definition) is 3. The number of amides is 1. The lowest BCUT2D eigenvalue weighted by Gasteiger charge is -2.27. The molecule has 0 atom stereocenters. The highest BCUT2D eigenvalue weighted by Gasteiger charge is 2.26. The molecule has 30 heavy (non-hydrogen) atoms. The number of carbonyl (C=O) groups is 1. The first-order valence-corrected chi connectivity index (χ1v) is 12.0. The summed E-state index contributed by atoms with van der Waals surface area (Å²) in [5.74, 6) is 1.14. The Morgan fingerprint density at radius 2 is 1.80 bits per heavy atom. The molecule has 1 aliphatic rings. The van der Waals surface area contributed by atoms with Gasteiger partial charge in [0.1, 0.15) is 5.01 Å². The van der Waals surface area contributed by atoms with Crippen molar-refractivity contribution in [1.29, 1.82) is 0 Å². The van der Waals surface area contributed by atoms with Gasteiger partial charge in [0.2, 0.25) is 5.91 Å². The van der Waals surface area contributed by atoms with Crippen LogP contribution in [0.25, 0.3) is 21.8 Å². The van der Waals surface area contributed by atoms with E-state index in [0.717, 1.165) is 46.3 Å². The maximum absolute atomic E-state index is 12.8. The van der Waals surface area contributed by atoms with E-state index in [1.807, 2.05) is 36.4 Å². The smallest absolute Gasteiger partial charge is 0.227 e. The molecule has 1 N–H and O–H groups in total. The van der Waals surface area contributed by atoms with Crippen molar-refractivity contribution in [2.45, 2.75) is 51.9 Å². The highest BCUT2D eigenvalue weighted by Crippen LogP contribution is 2.33. The van der Waals surface area contributed by atoms with Gasteiger partial charge in [0.05, 0.1) is 5.69 Å². The number of nitrogens with one attached hydrogen (secondary N) is 1. The average Bonchev–Trinajstić information content (AvgIpc) is 3.29. The van der Waals surface area contributed by atoms with Gasteiger partial charge in [-0.2, -0.15) is 0 Å². The van der Waals surface area contributed by atoms with Crippen LogP contribution in [0.3, 0.4) is 0 Å². The van der Waals surface area contributed by atoms with Crippen LogP contribution in [0, 0.1) is 11.8 Å². The summed E-state index contributed by atoms with van der Waals surface area (Å²) in [4.78, 5) is 17.6. The van der Waals surface area contributed by atoms with Crippen LogP contribution in [0.5, 0.6) is 0 Å². The number of carbonyl (C=O) groups excluding carboxylic acids is 1. The fourth-order valence-corrected chi connectivity index (χ4v) is 5.16. The third kappa shape index (κ3) is 5.17. The molecule has 2 aromatic carbocycles. The molecule has 0 saturated heterocycles. The van der Waals surface area contributed by atoms with Gasteiger partial charge in [-0.1, -0.05) is 68.7 Å². The minimum atomic E-state index is 0.149. The highest BCUT2D eigenvalue weighted by atomic mass is 32.1. The van der Waals surface area contributed by atoms with E-state index in [9.17, 15) is 4.79 Å². The fraction of sp³-hybridized carbons (Fsp3) is 0.385. The molecule has 1 fully saturated rings. The van der Waals surface area contributed by atoms with Crippen LogP contribution >= 0.6 is 11.3 Å². The van der Waals surface area contributed by atoms with Crippen LogP contribution in [-0.2, 0) is 4.79 Å². The van der Waals surface area contributed by atoms with E-state index < -0.39 is 0 Å². The van der Waals surface area contributed by atoms with E-state index in [2.05, 4.69) is 35.8 Å². The Bertz CT molecular complexity index is 958. The molecule has 0 aliphatic heterocycles. The Balaban J connectivity index is 1.38. The van der Waals surface area contributed by atoms with E-state index in [1.54, 1.807) is 11.3 Å². The second-order valence-electron chi connectivity index (χ2n) is 8.33. The van der Waals surface area contributed by atoms with Gasteiger partial charge in [-0.3, -0.25) is 4.79 Å². The predicted octanol–water partition coefficient (Wildman–Crippen LogP) is 7.41. The summed E-state index contributed by atoms with van der Waals surface area (Å²) in [7, 11) is 0. The van der Waals surface area contributed by atoms with Crippen molar-refractivity contribution in [3.05, 3.63) is 60.0 Å². The largest absolute Gasteiger partial charge is 0.326 e. The second-order valence-corrected chi connectivity index (χ2v) is 9.19. The molecule has 3 nitrogen and oxygen atoms in total. The number of benzene rings is 2. The summed E-state index contributed by atoms with van der Waals surface area (Å²) >= 11 is 1.65. The summed E-state index contributed by atoms with van der Waals surface area (Å²) in [6, 6.07) is 18.3. The third-order valence-corrected chi connectivity index (χ3v) is 7.03. The predicted molar refractivity (Wildman–Crippen MR) is 127 cm³/mol. The molecule has 0 unspecified atom stereocenters. The first-order valence-electron chi connectivity index (χ1n) is 11.1. The van der Waals surface area contributed by atoms with Crippen molar-refractivity contribution >= 4 is 22.9 Å². The van der Waals surface area contributed by atoms with E-state index in [4.69, 9.17) is 4.98 Å². The van der Waals surface area contributed by atoms with E-state index in [-0.39, 0.29) is 11.8 Å². The zero-order valence-electron chi connectivity index (χ0n) is 17.6. The highest BCUT2D eigenvalue weighted by molar-refractivity contribution is 7.13. The van der Waals surface area contributed by atoms with E-state index in [0.29, 0.717) is 0 Å². The summed E-state index contributed by atoms with van der Waals surface area (Å²) in [6.45, 7) is 2.25. The van der Waals surface area contributed by atoms with Gasteiger partial charge in [-0.25, -0.2) is 4.98 Å². The molecule has 0 radical (unpaired) electrons. The zero-order chi connectivity index (χ0) is 20.8. The Morgan fingerprint density at radius 3 is 2.57 bits per heavy atom. The quantitative estimate of drug-likeness (QED) is 0.434. The molecule has 4 heteroatoms. The van der Waals surface area contributed by atoms with Crippen LogP contribution in [0.1, 0.15) is 51.9 Å². The number of anilines is 1. The van der Waals surface area contributed by atoms with E-state index in [1.165, 1.54) is 32.1 Å². The Morgan fingerprint density at radius 1 is 1.03 bits per heavy atom. The van der Waals surface area contributed by atoms with Crippen molar-refractivity contribution in [1.82, 2.24) is 4.98 Å². The maximum Gasteiger partial charge on any atom is 0.227 e. The van der Waals surface area contributed by atoms with Crippen LogP contribution < -0.4 is 5.32 Å². The Labute approximate surface area is 183 Å². The number of aromatic nitrogens is 1. The molecule has 1 saturated carbocycles. The third-order valence-electron chi connectivity index (χ3n) is 6.13. The lowest BCUT2D eigenvalue weighted by molar-refractivity contribution is -0.121. The molecule has 0 spiro atoms. The van der Waals surface area contributed by atoms with Crippen LogP contribution in [0.15, 0.2) is 60.0 Å². The number of thiazole rings is 1. The monoisotopic (exact) mass is 418 g/mol. The normalized spacial score (nSPS) is 18.8. The SMILES string of the molecule is CCCCC1CCC(C(=O)Nc2cccc(-c3csc(-c4ccccc4)n3)c2)CC1. The minimum absolute atomic E-state index is 0.149. The van der Waals surface area contributed by atoms with Crippen molar-refractivity contribution in [3.63, 3.8) is 0 Å². The van der Waals surface area contributed by atoms with Crippen molar-refractivity contribution in [2.75, 3.05) is 5.32 Å². The van der Waals surface area contributed by atoms with Gasteiger partial charge in [-0.15, -0.1) is 11.3 Å². The first-order chi connectivity index (χ1) is 14.7. The standard InChI is InChI=1S/C26H30N2OS/c1-2-3-8-19-13-15-20(16-14-19)25(29)27-23-12-7-11-22(17-23)24-18-30-26(28-24)21-9-5-4-6-10-21/h4-7,9-12,17-20H,2-3,8,13-16H2,1H3,(H,27,29). The van der Waals surface area contributed by atoms with Gasteiger partial charge in [-0.05, 0) is 43.7 Å². The molecule has 0 bridgehead atoms. The van der Waals surface area contributed by atoms with Gasteiger partial charge >= 0.3 is 0 Å². The van der Waals surface area contributed by atoms with Crippen molar-refractivity contribution in [3.8, 4) is 21.8 Å².